The van der Waals surface area contributed by atoms with Crippen molar-refractivity contribution in [1.29, 1.82) is 0 Å². The summed E-state index contributed by atoms with van der Waals surface area (Å²) < 4.78 is 44.3. The van der Waals surface area contributed by atoms with Gasteiger partial charge in [0.2, 0.25) is 0 Å². The predicted octanol–water partition coefficient (Wildman–Crippen LogP) is 3.74. The summed E-state index contributed by atoms with van der Waals surface area (Å²) >= 11 is 5.66. The van der Waals surface area contributed by atoms with Crippen LogP contribution in [0.4, 0.5) is 18.9 Å². The molecule has 0 aliphatic rings. The van der Waals surface area contributed by atoms with Gasteiger partial charge in [-0.3, -0.25) is 9.48 Å². The third-order valence-corrected chi connectivity index (χ3v) is 3.25. The number of nitrogens with zero attached hydrogens (tertiary/aromatic N) is 2. The van der Waals surface area contributed by atoms with Gasteiger partial charge in [-0.1, -0.05) is 11.6 Å². The summed E-state index contributed by atoms with van der Waals surface area (Å²) in [5.74, 6) is -0.173. The molecule has 1 heterocycles. The number of carbonyl (C=O) groups is 1. The van der Waals surface area contributed by atoms with E-state index >= 15 is 0 Å². The van der Waals surface area contributed by atoms with E-state index in [-0.39, 0.29) is 5.69 Å². The van der Waals surface area contributed by atoms with E-state index in [1.807, 2.05) is 6.92 Å². The lowest BCUT2D eigenvalue weighted by molar-refractivity contribution is -0.141. The Hall–Kier alpha value is -2.22. The van der Waals surface area contributed by atoms with Gasteiger partial charge in [-0.2, -0.15) is 18.3 Å². The zero-order valence-electron chi connectivity index (χ0n) is 12.2. The van der Waals surface area contributed by atoms with E-state index in [1.54, 1.807) is 24.3 Å². The number of hydrogen-bond acceptors (Lipinski definition) is 3. The normalized spacial score (nSPS) is 11.4. The van der Waals surface area contributed by atoms with Gasteiger partial charge in [0.25, 0.3) is 5.91 Å². The van der Waals surface area contributed by atoms with Crippen molar-refractivity contribution in [2.24, 2.45) is 7.05 Å². The fraction of sp³-hybridized carbons (Fsp3) is 0.286. The Kier molecular flexibility index (Phi) is 4.84. The van der Waals surface area contributed by atoms with Crippen molar-refractivity contribution in [3.05, 3.63) is 40.7 Å². The maximum absolute atomic E-state index is 12.7. The number of aryl methyl sites for hydroxylation is 1. The second kappa shape index (κ2) is 6.49. The Labute approximate surface area is 135 Å². The van der Waals surface area contributed by atoms with E-state index in [1.165, 1.54) is 7.05 Å². The molecular weight excluding hydrogens is 335 g/mol. The molecule has 1 amide bonds. The number of anilines is 1. The monoisotopic (exact) mass is 347 g/mol. The molecule has 1 N–H and O–H groups in total. The van der Waals surface area contributed by atoms with Gasteiger partial charge < -0.3 is 10.1 Å². The SMILES string of the molecule is CCOc1ccc(NC(=O)c2c(Cl)c(C(F)(F)F)nn2C)cc1. The van der Waals surface area contributed by atoms with Crippen LogP contribution < -0.4 is 10.1 Å². The molecule has 9 heteroatoms. The Balaban J connectivity index is 2.23. The van der Waals surface area contributed by atoms with Crippen LogP contribution in [-0.4, -0.2) is 22.3 Å². The lowest BCUT2D eigenvalue weighted by Gasteiger charge is -2.07. The van der Waals surface area contributed by atoms with E-state index in [2.05, 4.69) is 10.4 Å². The van der Waals surface area contributed by atoms with Crippen LogP contribution >= 0.6 is 11.6 Å². The number of amides is 1. The molecular formula is C14H13ClF3N3O2. The smallest absolute Gasteiger partial charge is 0.436 e. The van der Waals surface area contributed by atoms with Crippen LogP contribution in [-0.2, 0) is 13.2 Å². The number of nitrogens with one attached hydrogen (secondary N) is 1. The Morgan fingerprint density at radius 1 is 1.35 bits per heavy atom. The quantitative estimate of drug-likeness (QED) is 0.916. The van der Waals surface area contributed by atoms with Crippen molar-refractivity contribution in [2.75, 3.05) is 11.9 Å². The highest BCUT2D eigenvalue weighted by molar-refractivity contribution is 6.34. The maximum Gasteiger partial charge on any atom is 0.436 e. The molecule has 0 saturated carbocycles. The minimum atomic E-state index is -4.73. The number of halogens is 4. The number of hydrogen-bond donors (Lipinski definition) is 1. The zero-order chi connectivity index (χ0) is 17.2. The summed E-state index contributed by atoms with van der Waals surface area (Å²) in [5, 5.41) is 5.00. The summed E-state index contributed by atoms with van der Waals surface area (Å²) in [5.41, 5.74) is -1.27. The lowest BCUT2D eigenvalue weighted by atomic mass is 10.2. The van der Waals surface area contributed by atoms with Crippen LogP contribution in [0.15, 0.2) is 24.3 Å². The van der Waals surface area contributed by atoms with Crippen LogP contribution in [0.3, 0.4) is 0 Å². The topological polar surface area (TPSA) is 56.1 Å². The molecule has 0 aliphatic carbocycles. The van der Waals surface area contributed by atoms with Crippen LogP contribution in [0.25, 0.3) is 0 Å². The number of rotatable bonds is 4. The first-order chi connectivity index (χ1) is 10.7. The maximum atomic E-state index is 12.7. The van der Waals surface area contributed by atoms with E-state index < -0.39 is 22.8 Å². The van der Waals surface area contributed by atoms with E-state index in [9.17, 15) is 18.0 Å². The second-order valence-electron chi connectivity index (χ2n) is 4.54. The molecule has 2 aromatic rings. The lowest BCUT2D eigenvalue weighted by Crippen LogP contribution is -2.16. The van der Waals surface area contributed by atoms with Crippen molar-refractivity contribution < 1.29 is 22.7 Å². The molecule has 1 aromatic heterocycles. The highest BCUT2D eigenvalue weighted by Gasteiger charge is 2.39. The predicted molar refractivity (Wildman–Crippen MR) is 78.8 cm³/mol. The number of aromatic nitrogens is 2. The van der Waals surface area contributed by atoms with Crippen molar-refractivity contribution in [3.8, 4) is 5.75 Å². The average molecular weight is 348 g/mol. The number of carbonyl (C=O) groups excluding carboxylic acids is 1. The first-order valence-corrected chi connectivity index (χ1v) is 6.95. The zero-order valence-corrected chi connectivity index (χ0v) is 13.0. The summed E-state index contributed by atoms with van der Waals surface area (Å²) in [6.45, 7) is 2.33. The van der Waals surface area contributed by atoms with Crippen molar-refractivity contribution in [3.63, 3.8) is 0 Å². The van der Waals surface area contributed by atoms with Crippen LogP contribution in [0, 0.1) is 0 Å². The number of benzene rings is 1. The molecule has 124 valence electrons. The van der Waals surface area contributed by atoms with Gasteiger partial charge >= 0.3 is 6.18 Å². The molecule has 0 aliphatic heterocycles. The summed E-state index contributed by atoms with van der Waals surface area (Å²) in [7, 11) is 1.22. The van der Waals surface area contributed by atoms with Gasteiger partial charge in [-0.25, -0.2) is 0 Å². The van der Waals surface area contributed by atoms with Gasteiger partial charge in [-0.15, -0.1) is 0 Å². The summed E-state index contributed by atoms with van der Waals surface area (Å²) in [6.07, 6.45) is -4.73. The van der Waals surface area contributed by atoms with Crippen LogP contribution in [0.1, 0.15) is 23.1 Å². The minimum Gasteiger partial charge on any atom is -0.494 e. The molecule has 5 nitrogen and oxygen atoms in total. The second-order valence-corrected chi connectivity index (χ2v) is 4.92. The minimum absolute atomic E-state index is 0.368. The third-order valence-electron chi connectivity index (χ3n) is 2.90. The van der Waals surface area contributed by atoms with Gasteiger partial charge in [-0.05, 0) is 31.2 Å². The molecule has 0 unspecified atom stereocenters. The molecule has 0 fully saturated rings. The van der Waals surface area contributed by atoms with Gasteiger partial charge in [0.05, 0.1) is 6.61 Å². The van der Waals surface area contributed by atoms with Crippen LogP contribution in [0.5, 0.6) is 5.75 Å². The third kappa shape index (κ3) is 3.76. The fourth-order valence-corrected chi connectivity index (χ4v) is 2.27. The number of ether oxygens (including phenoxy) is 1. The molecule has 0 bridgehead atoms. The average Bonchev–Trinajstić information content (AvgIpc) is 2.76. The molecule has 1 aromatic carbocycles. The van der Waals surface area contributed by atoms with E-state index in [0.717, 1.165) is 4.68 Å². The first kappa shape index (κ1) is 17.1. The highest BCUT2D eigenvalue weighted by Crippen LogP contribution is 2.35. The Bertz CT molecular complexity index is 711. The van der Waals surface area contributed by atoms with Gasteiger partial charge in [0, 0.05) is 12.7 Å². The number of alkyl halides is 3. The largest absolute Gasteiger partial charge is 0.494 e. The van der Waals surface area contributed by atoms with Gasteiger partial charge in [0.15, 0.2) is 5.69 Å². The Morgan fingerprint density at radius 3 is 2.43 bits per heavy atom. The van der Waals surface area contributed by atoms with Crippen molar-refractivity contribution in [1.82, 2.24) is 9.78 Å². The van der Waals surface area contributed by atoms with Gasteiger partial charge in [0.1, 0.15) is 16.5 Å². The molecule has 2 rings (SSSR count). The fourth-order valence-electron chi connectivity index (χ4n) is 1.92. The Morgan fingerprint density at radius 2 is 1.96 bits per heavy atom. The highest BCUT2D eigenvalue weighted by atomic mass is 35.5. The van der Waals surface area contributed by atoms with Crippen molar-refractivity contribution in [2.45, 2.75) is 13.1 Å². The van der Waals surface area contributed by atoms with E-state index in [4.69, 9.17) is 16.3 Å². The molecule has 0 saturated heterocycles. The first-order valence-electron chi connectivity index (χ1n) is 6.58. The standard InChI is InChI=1S/C14H13ClF3N3O2/c1-3-23-9-6-4-8(5-7-9)19-13(22)11-10(15)12(14(16,17)18)20-21(11)2/h4-7H,3H2,1-2H3,(H,19,22). The van der Waals surface area contributed by atoms with E-state index in [0.29, 0.717) is 18.0 Å². The molecule has 23 heavy (non-hydrogen) atoms. The summed E-state index contributed by atoms with van der Waals surface area (Å²) in [6, 6.07) is 6.39. The molecule has 0 spiro atoms. The molecule has 0 atom stereocenters. The van der Waals surface area contributed by atoms with Crippen molar-refractivity contribution >= 4 is 23.2 Å². The summed E-state index contributed by atoms with van der Waals surface area (Å²) in [4.78, 5) is 12.2. The molecule has 0 radical (unpaired) electrons. The van der Waals surface area contributed by atoms with Crippen LogP contribution in [0.2, 0.25) is 5.02 Å².